The number of hydrogen-bond donors (Lipinski definition) is 2. The summed E-state index contributed by atoms with van der Waals surface area (Å²) in [6.07, 6.45) is -0.473. The lowest BCUT2D eigenvalue weighted by atomic mass is 10.4. The molecule has 0 saturated carbocycles. The molecule has 0 aromatic carbocycles. The third-order valence-corrected chi connectivity index (χ3v) is 1.53. The van der Waals surface area contributed by atoms with Crippen LogP contribution in [0.1, 0.15) is 6.92 Å². The van der Waals surface area contributed by atoms with Gasteiger partial charge in [-0.15, -0.1) is 0 Å². The SMILES string of the molecule is CCOCCOCC(O)CNN(C)C. The summed E-state index contributed by atoms with van der Waals surface area (Å²) >= 11 is 0. The largest absolute Gasteiger partial charge is 0.389 e. The third kappa shape index (κ3) is 9.88. The van der Waals surface area contributed by atoms with Gasteiger partial charge in [0.15, 0.2) is 0 Å². The van der Waals surface area contributed by atoms with Gasteiger partial charge >= 0.3 is 0 Å². The van der Waals surface area contributed by atoms with E-state index in [2.05, 4.69) is 5.43 Å². The number of aliphatic hydroxyl groups is 1. The van der Waals surface area contributed by atoms with Gasteiger partial charge in [-0.2, -0.15) is 0 Å². The average Bonchev–Trinajstić information content (AvgIpc) is 2.14. The normalized spacial score (nSPS) is 13.5. The highest BCUT2D eigenvalue weighted by Crippen LogP contribution is 1.85. The second-order valence-corrected chi connectivity index (χ2v) is 3.18. The molecule has 0 heterocycles. The van der Waals surface area contributed by atoms with Crippen molar-refractivity contribution < 1.29 is 14.6 Å². The molecule has 86 valence electrons. The van der Waals surface area contributed by atoms with Crippen LogP contribution in [-0.4, -0.2) is 63.3 Å². The van der Waals surface area contributed by atoms with Crippen LogP contribution in [0.4, 0.5) is 0 Å². The lowest BCUT2D eigenvalue weighted by Gasteiger charge is -2.16. The molecule has 5 heteroatoms. The van der Waals surface area contributed by atoms with Crippen LogP contribution in [0, 0.1) is 0 Å². The van der Waals surface area contributed by atoms with E-state index in [0.29, 0.717) is 33.0 Å². The lowest BCUT2D eigenvalue weighted by Crippen LogP contribution is -2.38. The molecular weight excluding hydrogens is 184 g/mol. The first-order chi connectivity index (χ1) is 6.66. The van der Waals surface area contributed by atoms with Crippen LogP contribution in [-0.2, 0) is 9.47 Å². The third-order valence-electron chi connectivity index (χ3n) is 1.53. The van der Waals surface area contributed by atoms with Crippen LogP contribution < -0.4 is 5.43 Å². The van der Waals surface area contributed by atoms with Gasteiger partial charge < -0.3 is 14.6 Å². The van der Waals surface area contributed by atoms with E-state index in [1.165, 1.54) is 0 Å². The van der Waals surface area contributed by atoms with Crippen molar-refractivity contribution >= 4 is 0 Å². The first-order valence-corrected chi connectivity index (χ1v) is 4.91. The van der Waals surface area contributed by atoms with Gasteiger partial charge in [0.05, 0.1) is 25.9 Å². The Morgan fingerprint density at radius 1 is 1.29 bits per heavy atom. The number of hydrazine groups is 1. The van der Waals surface area contributed by atoms with Crippen LogP contribution in [0.2, 0.25) is 0 Å². The summed E-state index contributed by atoms with van der Waals surface area (Å²) in [5.74, 6) is 0. The highest BCUT2D eigenvalue weighted by Gasteiger charge is 2.03. The molecular formula is C9H22N2O3. The van der Waals surface area contributed by atoms with Gasteiger partial charge in [0.25, 0.3) is 0 Å². The molecule has 0 aliphatic rings. The van der Waals surface area contributed by atoms with Crippen molar-refractivity contribution in [2.24, 2.45) is 0 Å². The zero-order chi connectivity index (χ0) is 10.8. The van der Waals surface area contributed by atoms with Crippen LogP contribution in [0.3, 0.4) is 0 Å². The molecule has 1 unspecified atom stereocenters. The van der Waals surface area contributed by atoms with Crippen molar-refractivity contribution in [3.05, 3.63) is 0 Å². The van der Waals surface area contributed by atoms with Crippen molar-refractivity contribution in [1.82, 2.24) is 10.4 Å². The average molecular weight is 206 g/mol. The summed E-state index contributed by atoms with van der Waals surface area (Å²) in [7, 11) is 3.76. The van der Waals surface area contributed by atoms with E-state index >= 15 is 0 Å². The van der Waals surface area contributed by atoms with E-state index in [9.17, 15) is 5.11 Å². The van der Waals surface area contributed by atoms with Gasteiger partial charge in [0, 0.05) is 27.2 Å². The Balaban J connectivity index is 3.14. The second kappa shape index (κ2) is 9.36. The first kappa shape index (κ1) is 13.8. The van der Waals surface area contributed by atoms with Gasteiger partial charge in [-0.1, -0.05) is 0 Å². The molecule has 2 N–H and O–H groups in total. The van der Waals surface area contributed by atoms with E-state index in [1.807, 2.05) is 21.0 Å². The smallest absolute Gasteiger partial charge is 0.0911 e. The summed E-state index contributed by atoms with van der Waals surface area (Å²) in [5, 5.41) is 11.2. The minimum atomic E-state index is -0.473. The minimum Gasteiger partial charge on any atom is -0.389 e. The maximum absolute atomic E-state index is 9.40. The topological polar surface area (TPSA) is 54.0 Å². The van der Waals surface area contributed by atoms with E-state index < -0.39 is 6.10 Å². The molecule has 0 aliphatic carbocycles. The Labute approximate surface area is 86.0 Å². The predicted octanol–water partition coefficient (Wildman–Crippen LogP) is -0.533. The molecule has 0 aliphatic heterocycles. The van der Waals surface area contributed by atoms with E-state index in [4.69, 9.17) is 9.47 Å². The molecule has 1 atom stereocenters. The molecule has 0 radical (unpaired) electrons. The molecule has 0 aromatic heterocycles. The lowest BCUT2D eigenvalue weighted by molar-refractivity contribution is 0.00182. The predicted molar refractivity (Wildman–Crippen MR) is 55.0 cm³/mol. The Hall–Kier alpha value is -0.200. The Morgan fingerprint density at radius 2 is 1.93 bits per heavy atom. The van der Waals surface area contributed by atoms with Crippen molar-refractivity contribution in [1.29, 1.82) is 0 Å². The van der Waals surface area contributed by atoms with E-state index in [-0.39, 0.29) is 0 Å². The van der Waals surface area contributed by atoms with Crippen LogP contribution >= 0.6 is 0 Å². The zero-order valence-corrected chi connectivity index (χ0v) is 9.32. The van der Waals surface area contributed by atoms with Gasteiger partial charge in [-0.05, 0) is 6.92 Å². The van der Waals surface area contributed by atoms with E-state index in [1.54, 1.807) is 5.01 Å². The maximum atomic E-state index is 9.40. The fourth-order valence-electron chi connectivity index (χ4n) is 0.828. The van der Waals surface area contributed by atoms with Crippen LogP contribution in [0.25, 0.3) is 0 Å². The molecule has 0 spiro atoms. The monoisotopic (exact) mass is 206 g/mol. The second-order valence-electron chi connectivity index (χ2n) is 3.18. The summed E-state index contributed by atoms with van der Waals surface area (Å²) in [6.45, 7) is 4.61. The van der Waals surface area contributed by atoms with Crippen LogP contribution in [0.5, 0.6) is 0 Å². The highest BCUT2D eigenvalue weighted by atomic mass is 16.5. The van der Waals surface area contributed by atoms with Gasteiger partial charge in [-0.3, -0.25) is 10.4 Å². The summed E-state index contributed by atoms with van der Waals surface area (Å²) in [5.41, 5.74) is 2.97. The molecule has 14 heavy (non-hydrogen) atoms. The summed E-state index contributed by atoms with van der Waals surface area (Å²) < 4.78 is 10.3. The zero-order valence-electron chi connectivity index (χ0n) is 9.32. The standard InChI is InChI=1S/C9H22N2O3/c1-4-13-5-6-14-8-9(12)7-10-11(2)3/h9-10,12H,4-8H2,1-3H3. The number of ether oxygens (including phenoxy) is 2. The van der Waals surface area contributed by atoms with Crippen molar-refractivity contribution in [3.63, 3.8) is 0 Å². The number of nitrogens with zero attached hydrogens (tertiary/aromatic N) is 1. The van der Waals surface area contributed by atoms with Crippen molar-refractivity contribution in [2.75, 3.05) is 47.1 Å². The van der Waals surface area contributed by atoms with Crippen molar-refractivity contribution in [3.8, 4) is 0 Å². The van der Waals surface area contributed by atoms with Crippen molar-refractivity contribution in [2.45, 2.75) is 13.0 Å². The molecule has 5 nitrogen and oxygen atoms in total. The molecule has 0 fully saturated rings. The Kier molecular flexibility index (Phi) is 9.23. The minimum absolute atomic E-state index is 0.341. The first-order valence-electron chi connectivity index (χ1n) is 4.91. The number of hydrogen-bond acceptors (Lipinski definition) is 5. The maximum Gasteiger partial charge on any atom is 0.0911 e. The number of aliphatic hydroxyl groups excluding tert-OH is 1. The molecule has 0 saturated heterocycles. The fourth-order valence-corrected chi connectivity index (χ4v) is 0.828. The van der Waals surface area contributed by atoms with Crippen LogP contribution in [0.15, 0.2) is 0 Å². The molecule has 0 aromatic rings. The quantitative estimate of drug-likeness (QED) is 0.392. The van der Waals surface area contributed by atoms with E-state index in [0.717, 1.165) is 0 Å². The summed E-state index contributed by atoms with van der Waals surface area (Å²) in [4.78, 5) is 0. The molecule has 0 bridgehead atoms. The molecule has 0 rings (SSSR count). The number of nitrogens with one attached hydrogen (secondary N) is 1. The van der Waals surface area contributed by atoms with Gasteiger partial charge in [0.1, 0.15) is 0 Å². The van der Waals surface area contributed by atoms with Gasteiger partial charge in [0.2, 0.25) is 0 Å². The summed E-state index contributed by atoms with van der Waals surface area (Å²) in [6, 6.07) is 0. The number of rotatable bonds is 9. The van der Waals surface area contributed by atoms with Gasteiger partial charge in [-0.25, -0.2) is 0 Å². The Morgan fingerprint density at radius 3 is 2.50 bits per heavy atom. The molecule has 0 amide bonds. The Bertz CT molecular complexity index is 123. The fraction of sp³-hybridized carbons (Fsp3) is 1.00. The highest BCUT2D eigenvalue weighted by molar-refractivity contribution is 4.55.